The minimum absolute atomic E-state index is 0.632. The second kappa shape index (κ2) is 5.40. The van der Waals surface area contributed by atoms with E-state index in [-0.39, 0.29) is 0 Å². The van der Waals surface area contributed by atoms with Crippen molar-refractivity contribution >= 4 is 5.69 Å². The van der Waals surface area contributed by atoms with Crippen LogP contribution in [-0.2, 0) is 6.42 Å². The first-order chi connectivity index (χ1) is 9.90. The molecule has 3 atom stereocenters. The molecule has 1 saturated heterocycles. The van der Waals surface area contributed by atoms with E-state index in [1.54, 1.807) is 0 Å². The van der Waals surface area contributed by atoms with Crippen LogP contribution in [-0.4, -0.2) is 30.1 Å². The van der Waals surface area contributed by atoms with E-state index in [0.29, 0.717) is 6.04 Å². The molecule has 1 N–H and O–H groups in total. The van der Waals surface area contributed by atoms with Crippen LogP contribution in [0.5, 0.6) is 0 Å². The van der Waals surface area contributed by atoms with Gasteiger partial charge >= 0.3 is 0 Å². The first kappa shape index (κ1) is 12.7. The number of nitrogens with zero attached hydrogens (tertiary/aromatic N) is 1. The number of rotatable bonds is 2. The monoisotopic (exact) mass is 270 g/mol. The van der Waals surface area contributed by atoms with Crippen molar-refractivity contribution in [1.82, 2.24) is 4.90 Å². The van der Waals surface area contributed by atoms with Crippen molar-refractivity contribution in [2.24, 2.45) is 5.92 Å². The van der Waals surface area contributed by atoms with E-state index in [4.69, 9.17) is 0 Å². The lowest BCUT2D eigenvalue weighted by Crippen LogP contribution is -2.50. The second-order valence-corrected chi connectivity index (χ2v) is 6.95. The molecule has 0 amide bonds. The molecule has 1 aromatic rings. The smallest absolute Gasteiger partial charge is 0.0429 e. The minimum atomic E-state index is 0.632. The molecule has 3 unspecified atom stereocenters. The van der Waals surface area contributed by atoms with Gasteiger partial charge in [0.05, 0.1) is 0 Å². The average molecular weight is 270 g/mol. The largest absolute Gasteiger partial charge is 0.380 e. The molecule has 4 rings (SSSR count). The molecule has 1 aliphatic carbocycles. The molecule has 2 fully saturated rings. The maximum absolute atomic E-state index is 3.74. The van der Waals surface area contributed by atoms with Crippen LogP contribution in [0, 0.1) is 5.92 Å². The van der Waals surface area contributed by atoms with Gasteiger partial charge in [0.1, 0.15) is 0 Å². The van der Waals surface area contributed by atoms with Gasteiger partial charge in [0.2, 0.25) is 0 Å². The molecular formula is C18H26N2. The van der Waals surface area contributed by atoms with Gasteiger partial charge in [-0.2, -0.15) is 0 Å². The highest BCUT2D eigenvalue weighted by atomic mass is 15.2. The Morgan fingerprint density at radius 1 is 1.05 bits per heavy atom. The fourth-order valence-corrected chi connectivity index (χ4v) is 4.72. The van der Waals surface area contributed by atoms with Crippen LogP contribution in [0.1, 0.15) is 44.1 Å². The standard InChI is InChI=1S/C18H26N2/c1-3-9-17-15(7-1)12-16(19-17)13-20-11-5-8-14-6-2-4-10-18(14)20/h1,3,7,9,14,16,18-19H,2,4-6,8,10-13H2. The molecule has 1 saturated carbocycles. The number of hydrogen-bond donors (Lipinski definition) is 1. The van der Waals surface area contributed by atoms with Gasteiger partial charge in [0, 0.05) is 24.3 Å². The lowest BCUT2D eigenvalue weighted by molar-refractivity contribution is 0.0582. The molecule has 0 bridgehead atoms. The lowest BCUT2D eigenvalue weighted by Gasteiger charge is -2.45. The summed E-state index contributed by atoms with van der Waals surface area (Å²) in [7, 11) is 0. The molecule has 108 valence electrons. The highest BCUT2D eigenvalue weighted by molar-refractivity contribution is 5.56. The summed E-state index contributed by atoms with van der Waals surface area (Å²) in [6, 6.07) is 10.3. The molecule has 2 heterocycles. The van der Waals surface area contributed by atoms with Crippen molar-refractivity contribution in [3.63, 3.8) is 0 Å². The highest BCUT2D eigenvalue weighted by Gasteiger charge is 2.34. The zero-order chi connectivity index (χ0) is 13.4. The number of nitrogens with one attached hydrogen (secondary N) is 1. The van der Waals surface area contributed by atoms with Crippen molar-refractivity contribution in [2.75, 3.05) is 18.4 Å². The van der Waals surface area contributed by atoms with Crippen molar-refractivity contribution < 1.29 is 0 Å². The quantitative estimate of drug-likeness (QED) is 0.882. The summed E-state index contributed by atoms with van der Waals surface area (Å²) in [5.41, 5.74) is 2.88. The van der Waals surface area contributed by atoms with Gasteiger partial charge in [-0.25, -0.2) is 0 Å². The van der Waals surface area contributed by atoms with Crippen LogP contribution in [0.15, 0.2) is 24.3 Å². The van der Waals surface area contributed by atoms with Gasteiger partial charge in [-0.3, -0.25) is 4.90 Å². The topological polar surface area (TPSA) is 15.3 Å². The van der Waals surface area contributed by atoms with E-state index in [2.05, 4.69) is 34.5 Å². The Kier molecular flexibility index (Phi) is 3.43. The minimum Gasteiger partial charge on any atom is -0.380 e. The number of fused-ring (bicyclic) bond motifs is 2. The van der Waals surface area contributed by atoms with Gasteiger partial charge in [0.15, 0.2) is 0 Å². The van der Waals surface area contributed by atoms with Crippen LogP contribution >= 0.6 is 0 Å². The Labute approximate surface area is 122 Å². The Balaban J connectivity index is 1.42. The molecule has 2 nitrogen and oxygen atoms in total. The van der Waals surface area contributed by atoms with Crippen LogP contribution in [0.25, 0.3) is 0 Å². The average Bonchev–Trinajstić information content (AvgIpc) is 2.90. The molecular weight excluding hydrogens is 244 g/mol. The fourth-order valence-electron chi connectivity index (χ4n) is 4.72. The number of benzene rings is 1. The predicted octanol–water partition coefficient (Wildman–Crippen LogP) is 3.68. The Morgan fingerprint density at radius 2 is 1.90 bits per heavy atom. The molecule has 1 aromatic carbocycles. The number of para-hydroxylation sites is 1. The zero-order valence-electron chi connectivity index (χ0n) is 12.4. The van der Waals surface area contributed by atoms with E-state index >= 15 is 0 Å². The number of likely N-dealkylation sites (tertiary alicyclic amines) is 1. The first-order valence-electron chi connectivity index (χ1n) is 8.48. The highest BCUT2D eigenvalue weighted by Crippen LogP contribution is 2.36. The summed E-state index contributed by atoms with van der Waals surface area (Å²) in [5, 5.41) is 3.74. The summed E-state index contributed by atoms with van der Waals surface area (Å²) in [6.07, 6.45) is 9.98. The lowest BCUT2D eigenvalue weighted by atomic mass is 9.78. The normalized spacial score (nSPS) is 33.3. The number of anilines is 1. The molecule has 0 aromatic heterocycles. The van der Waals surface area contributed by atoms with E-state index < -0.39 is 0 Å². The summed E-state index contributed by atoms with van der Waals surface area (Å²) in [4.78, 5) is 2.82. The van der Waals surface area contributed by atoms with Gasteiger partial charge in [-0.15, -0.1) is 0 Å². The van der Waals surface area contributed by atoms with Gasteiger partial charge in [-0.1, -0.05) is 31.0 Å². The van der Waals surface area contributed by atoms with E-state index in [1.165, 1.54) is 69.3 Å². The van der Waals surface area contributed by atoms with Gasteiger partial charge < -0.3 is 5.32 Å². The molecule has 3 aliphatic rings. The number of piperidine rings is 1. The Morgan fingerprint density at radius 3 is 2.85 bits per heavy atom. The third-order valence-electron chi connectivity index (χ3n) is 5.66. The summed E-state index contributed by atoms with van der Waals surface area (Å²) < 4.78 is 0. The number of hydrogen-bond acceptors (Lipinski definition) is 2. The second-order valence-electron chi connectivity index (χ2n) is 6.95. The summed E-state index contributed by atoms with van der Waals surface area (Å²) in [6.45, 7) is 2.57. The molecule has 20 heavy (non-hydrogen) atoms. The maximum atomic E-state index is 3.74. The maximum Gasteiger partial charge on any atom is 0.0429 e. The predicted molar refractivity (Wildman–Crippen MR) is 84.1 cm³/mol. The SMILES string of the molecule is c1ccc2c(c1)CC(CN1CCCC3CCCCC31)N2. The van der Waals surface area contributed by atoms with E-state index in [9.17, 15) is 0 Å². The van der Waals surface area contributed by atoms with Crippen molar-refractivity contribution in [2.45, 2.75) is 57.0 Å². The Bertz CT molecular complexity index is 443. The van der Waals surface area contributed by atoms with Crippen LogP contribution in [0.2, 0.25) is 0 Å². The fraction of sp³-hybridized carbons (Fsp3) is 0.667. The summed E-state index contributed by atoms with van der Waals surface area (Å²) >= 11 is 0. The first-order valence-corrected chi connectivity index (χ1v) is 8.48. The Hall–Kier alpha value is -1.02. The van der Waals surface area contributed by atoms with E-state index in [0.717, 1.165) is 12.0 Å². The third-order valence-corrected chi connectivity index (χ3v) is 5.66. The zero-order valence-corrected chi connectivity index (χ0v) is 12.4. The molecule has 2 aliphatic heterocycles. The summed E-state index contributed by atoms with van der Waals surface area (Å²) in [5.74, 6) is 1.00. The van der Waals surface area contributed by atoms with Crippen LogP contribution < -0.4 is 5.32 Å². The molecule has 0 spiro atoms. The van der Waals surface area contributed by atoms with Crippen molar-refractivity contribution in [3.05, 3.63) is 29.8 Å². The van der Waals surface area contributed by atoms with E-state index in [1.807, 2.05) is 0 Å². The van der Waals surface area contributed by atoms with Gasteiger partial charge in [-0.05, 0) is 56.2 Å². The molecule has 0 radical (unpaired) electrons. The van der Waals surface area contributed by atoms with Gasteiger partial charge in [0.25, 0.3) is 0 Å². The third kappa shape index (κ3) is 2.35. The van der Waals surface area contributed by atoms with Crippen LogP contribution in [0.3, 0.4) is 0 Å². The molecule has 2 heteroatoms. The van der Waals surface area contributed by atoms with Crippen molar-refractivity contribution in [1.29, 1.82) is 0 Å². The van der Waals surface area contributed by atoms with Crippen LogP contribution in [0.4, 0.5) is 5.69 Å². The van der Waals surface area contributed by atoms with Crippen molar-refractivity contribution in [3.8, 4) is 0 Å².